The van der Waals surface area contributed by atoms with Gasteiger partial charge in [-0.05, 0) is 55.2 Å². The van der Waals surface area contributed by atoms with Crippen LogP contribution in [0, 0.1) is 20.8 Å². The largest absolute Gasteiger partial charge is 0.489 e. The summed E-state index contributed by atoms with van der Waals surface area (Å²) in [7, 11) is 0. The lowest BCUT2D eigenvalue weighted by atomic mass is 9.96. The van der Waals surface area contributed by atoms with Gasteiger partial charge in [-0.3, -0.25) is 0 Å². The van der Waals surface area contributed by atoms with E-state index in [1.807, 2.05) is 43.3 Å². The molecule has 0 fully saturated rings. The highest BCUT2D eigenvalue weighted by Gasteiger charge is 2.13. The number of aliphatic hydroxyl groups is 1. The predicted octanol–water partition coefficient (Wildman–Crippen LogP) is 5.33. The molecule has 0 radical (unpaired) electrons. The van der Waals surface area contributed by atoms with Crippen molar-refractivity contribution in [1.29, 1.82) is 0 Å². The minimum atomic E-state index is -0.619. The zero-order valence-electron chi connectivity index (χ0n) is 15.7. The third-order valence-electron chi connectivity index (χ3n) is 4.44. The molecule has 2 unspecified atom stereocenters. The fraction of sp³-hybridized carbons (Fsp3) is 0.217. The fourth-order valence-electron chi connectivity index (χ4n) is 2.91. The van der Waals surface area contributed by atoms with Crippen LogP contribution in [0.1, 0.15) is 39.5 Å². The molecule has 0 bridgehead atoms. The molecular formula is C23H27O2P. The van der Waals surface area contributed by atoms with Gasteiger partial charge in [0.2, 0.25) is 0 Å². The van der Waals surface area contributed by atoms with Crippen LogP contribution < -0.4 is 4.74 Å². The van der Waals surface area contributed by atoms with E-state index < -0.39 is 6.10 Å². The highest BCUT2D eigenvalue weighted by Crippen LogP contribution is 2.27. The summed E-state index contributed by atoms with van der Waals surface area (Å²) in [4.78, 5) is 0. The monoisotopic (exact) mass is 366 g/mol. The van der Waals surface area contributed by atoms with Gasteiger partial charge in [0.25, 0.3) is 0 Å². The molecule has 3 heteroatoms. The van der Waals surface area contributed by atoms with Crippen molar-refractivity contribution in [3.8, 4) is 5.75 Å². The van der Waals surface area contributed by atoms with E-state index in [4.69, 9.17) is 4.74 Å². The van der Waals surface area contributed by atoms with Gasteiger partial charge in [0.15, 0.2) is 0 Å². The summed E-state index contributed by atoms with van der Waals surface area (Å²) in [5.41, 5.74) is 6.51. The summed E-state index contributed by atoms with van der Waals surface area (Å²) in [5, 5.41) is 10.6. The third kappa shape index (κ3) is 4.94. The summed E-state index contributed by atoms with van der Waals surface area (Å²) in [6, 6.07) is 22.1. The standard InChI is InChI=1S/C23H24O2.H3P/c1-16-4-7-19(8-5-16)15-25-21-11-9-20(10-12-21)23(24)22-13-6-17(2)14-18(22)3;/h4-14,23-24H,15H2,1-3H3;1H3. The summed E-state index contributed by atoms with van der Waals surface area (Å²) in [6.45, 7) is 6.71. The first kappa shape index (κ1) is 20.2. The van der Waals surface area contributed by atoms with E-state index in [1.54, 1.807) is 0 Å². The van der Waals surface area contributed by atoms with E-state index in [2.05, 4.69) is 44.2 Å². The van der Waals surface area contributed by atoms with Crippen molar-refractivity contribution in [2.45, 2.75) is 33.5 Å². The van der Waals surface area contributed by atoms with Crippen molar-refractivity contribution in [3.63, 3.8) is 0 Å². The zero-order chi connectivity index (χ0) is 17.8. The van der Waals surface area contributed by atoms with Gasteiger partial charge in [-0.15, -0.1) is 0 Å². The van der Waals surface area contributed by atoms with Crippen molar-refractivity contribution in [3.05, 3.63) is 100 Å². The van der Waals surface area contributed by atoms with E-state index >= 15 is 0 Å². The average molecular weight is 366 g/mol. The van der Waals surface area contributed by atoms with Crippen LogP contribution in [0.2, 0.25) is 0 Å². The van der Waals surface area contributed by atoms with Gasteiger partial charge in [-0.1, -0.05) is 65.7 Å². The molecule has 3 aromatic carbocycles. The SMILES string of the molecule is Cc1ccc(COc2ccc(C(O)c3ccc(C)cc3C)cc2)cc1.P. The van der Waals surface area contributed by atoms with Gasteiger partial charge in [-0.25, -0.2) is 0 Å². The summed E-state index contributed by atoms with van der Waals surface area (Å²) >= 11 is 0. The molecule has 2 atom stereocenters. The average Bonchev–Trinajstić information content (AvgIpc) is 2.61. The van der Waals surface area contributed by atoms with Crippen LogP contribution in [0.4, 0.5) is 0 Å². The fourth-order valence-corrected chi connectivity index (χ4v) is 2.91. The lowest BCUT2D eigenvalue weighted by Crippen LogP contribution is -2.02. The molecule has 0 aliphatic carbocycles. The number of ether oxygens (including phenoxy) is 1. The summed E-state index contributed by atoms with van der Waals surface area (Å²) in [5.74, 6) is 0.803. The van der Waals surface area contributed by atoms with Crippen LogP contribution in [-0.2, 0) is 6.61 Å². The topological polar surface area (TPSA) is 29.5 Å². The van der Waals surface area contributed by atoms with Crippen LogP contribution in [0.5, 0.6) is 5.75 Å². The van der Waals surface area contributed by atoms with E-state index in [-0.39, 0.29) is 9.90 Å². The molecule has 1 N–H and O–H groups in total. The Labute approximate surface area is 159 Å². The lowest BCUT2D eigenvalue weighted by molar-refractivity contribution is 0.219. The second-order valence-electron chi connectivity index (χ2n) is 6.61. The van der Waals surface area contributed by atoms with Crippen LogP contribution in [0.3, 0.4) is 0 Å². The maximum atomic E-state index is 10.6. The van der Waals surface area contributed by atoms with Crippen molar-refractivity contribution in [1.82, 2.24) is 0 Å². The molecular weight excluding hydrogens is 339 g/mol. The first-order chi connectivity index (χ1) is 12.0. The molecule has 136 valence electrons. The summed E-state index contributed by atoms with van der Waals surface area (Å²) in [6.07, 6.45) is -0.619. The van der Waals surface area contributed by atoms with Crippen LogP contribution >= 0.6 is 9.90 Å². The Balaban J connectivity index is 0.00000243. The first-order valence-electron chi connectivity index (χ1n) is 8.56. The Kier molecular flexibility index (Phi) is 6.97. The summed E-state index contributed by atoms with van der Waals surface area (Å²) < 4.78 is 5.83. The Morgan fingerprint density at radius 3 is 2.04 bits per heavy atom. The van der Waals surface area contributed by atoms with E-state index in [0.717, 1.165) is 28.0 Å². The number of benzene rings is 3. The maximum Gasteiger partial charge on any atom is 0.119 e. The molecule has 26 heavy (non-hydrogen) atoms. The normalized spacial score (nSPS) is 11.5. The highest BCUT2D eigenvalue weighted by molar-refractivity contribution is 6.92. The molecule has 0 aromatic heterocycles. The quantitative estimate of drug-likeness (QED) is 0.619. The predicted molar refractivity (Wildman–Crippen MR) is 113 cm³/mol. The Morgan fingerprint density at radius 1 is 0.808 bits per heavy atom. The van der Waals surface area contributed by atoms with Crippen LogP contribution in [0.25, 0.3) is 0 Å². The van der Waals surface area contributed by atoms with Gasteiger partial charge in [0.05, 0.1) is 0 Å². The molecule has 0 aliphatic heterocycles. The molecule has 0 saturated heterocycles. The first-order valence-corrected chi connectivity index (χ1v) is 8.56. The van der Waals surface area contributed by atoms with Crippen molar-refractivity contribution in [2.75, 3.05) is 0 Å². The third-order valence-corrected chi connectivity index (χ3v) is 4.44. The number of hydrogen-bond donors (Lipinski definition) is 1. The lowest BCUT2D eigenvalue weighted by Gasteiger charge is -2.15. The van der Waals surface area contributed by atoms with Gasteiger partial charge in [-0.2, -0.15) is 9.90 Å². The van der Waals surface area contributed by atoms with Gasteiger partial charge in [0.1, 0.15) is 18.5 Å². The van der Waals surface area contributed by atoms with E-state index in [0.29, 0.717) is 6.61 Å². The van der Waals surface area contributed by atoms with Crippen molar-refractivity contribution < 1.29 is 9.84 Å². The Bertz CT molecular complexity index is 839. The molecule has 3 rings (SSSR count). The maximum absolute atomic E-state index is 10.6. The minimum absolute atomic E-state index is 0. The van der Waals surface area contributed by atoms with Gasteiger partial charge >= 0.3 is 0 Å². The van der Waals surface area contributed by atoms with E-state index in [1.165, 1.54) is 11.1 Å². The Hall–Kier alpha value is -2.15. The van der Waals surface area contributed by atoms with Crippen LogP contribution in [-0.4, -0.2) is 5.11 Å². The molecule has 0 aliphatic rings. The molecule has 0 amide bonds. The molecule has 3 aromatic rings. The Morgan fingerprint density at radius 2 is 1.42 bits per heavy atom. The number of aryl methyl sites for hydroxylation is 3. The second-order valence-corrected chi connectivity index (χ2v) is 6.61. The van der Waals surface area contributed by atoms with Crippen molar-refractivity contribution in [2.24, 2.45) is 0 Å². The number of rotatable bonds is 5. The number of aliphatic hydroxyl groups excluding tert-OH is 1. The zero-order valence-corrected chi connectivity index (χ0v) is 17.1. The molecule has 0 spiro atoms. The molecule has 0 saturated carbocycles. The van der Waals surface area contributed by atoms with Gasteiger partial charge in [0, 0.05) is 0 Å². The van der Waals surface area contributed by atoms with Crippen molar-refractivity contribution >= 4 is 9.90 Å². The molecule has 2 nitrogen and oxygen atoms in total. The van der Waals surface area contributed by atoms with Crippen LogP contribution in [0.15, 0.2) is 66.7 Å². The van der Waals surface area contributed by atoms with E-state index in [9.17, 15) is 5.11 Å². The highest BCUT2D eigenvalue weighted by atomic mass is 31.0. The smallest absolute Gasteiger partial charge is 0.119 e. The number of hydrogen-bond acceptors (Lipinski definition) is 2. The second kappa shape index (κ2) is 8.98. The van der Waals surface area contributed by atoms with Gasteiger partial charge < -0.3 is 9.84 Å². The minimum Gasteiger partial charge on any atom is -0.489 e. The molecule has 0 heterocycles.